The normalized spacial score (nSPS) is 16.1. The number of ether oxygens (including phenoxy) is 1. The number of carboxylic acid groups (broad SMARTS) is 1. The van der Waals surface area contributed by atoms with Crippen LogP contribution in [0.3, 0.4) is 0 Å². The molecule has 0 spiro atoms. The zero-order valence-corrected chi connectivity index (χ0v) is 20.7. The number of anilines is 1. The number of rotatable bonds is 7. The quantitative estimate of drug-likeness (QED) is 0.356. The van der Waals surface area contributed by atoms with Gasteiger partial charge in [-0.25, -0.2) is 19.0 Å². The van der Waals surface area contributed by atoms with Gasteiger partial charge in [-0.3, -0.25) is 9.69 Å². The molecule has 3 aromatic rings. The van der Waals surface area contributed by atoms with Crippen LogP contribution in [-0.2, 0) is 0 Å². The molecule has 13 nitrogen and oxygen atoms in total. The summed E-state index contributed by atoms with van der Waals surface area (Å²) in [6, 6.07) is 1.06. The molecule has 2 aromatic heterocycles. The van der Waals surface area contributed by atoms with Crippen LogP contribution in [0.1, 0.15) is 39.9 Å². The number of piperazine rings is 1. The van der Waals surface area contributed by atoms with Gasteiger partial charge >= 0.3 is 17.7 Å². The van der Waals surface area contributed by atoms with Crippen LogP contribution < -0.4 is 15.1 Å². The highest BCUT2D eigenvalue weighted by atomic mass is 19.1. The number of aryl methyl sites for hydroxylation is 1. The van der Waals surface area contributed by atoms with Crippen LogP contribution in [0.5, 0.6) is 5.75 Å². The Bertz CT molecular complexity index is 1540. The second-order valence-electron chi connectivity index (χ2n) is 9.36. The average molecular weight is 528 g/mol. The molecule has 2 fully saturated rings. The fourth-order valence-corrected chi connectivity index (χ4v) is 4.99. The number of imidazole rings is 1. The number of halogens is 1. The largest absolute Gasteiger partial charge is 0.492 e. The molecule has 0 unspecified atom stereocenters. The number of aromatic carboxylic acids is 1. The third-order valence-corrected chi connectivity index (χ3v) is 6.98. The van der Waals surface area contributed by atoms with Gasteiger partial charge in [-0.05, 0) is 23.8 Å². The van der Waals surface area contributed by atoms with Gasteiger partial charge in [-0.2, -0.15) is 0 Å². The van der Waals surface area contributed by atoms with E-state index < -0.39 is 39.4 Å². The van der Waals surface area contributed by atoms with Crippen molar-refractivity contribution in [2.24, 2.45) is 0 Å². The third kappa shape index (κ3) is 4.26. The lowest BCUT2D eigenvalue weighted by Gasteiger charge is -2.36. The molecule has 5 rings (SSSR count). The molecule has 200 valence electrons. The number of benzene rings is 1. The SMILES string of the molecule is COc1c(N2CCN(CC(=O)n3c([N+](=O)[O-])cnc3C)CC2)c(F)cc2c(=O)c(C(=O)O)cn(C3CC3)c12. The first-order valence-corrected chi connectivity index (χ1v) is 12.0. The first-order chi connectivity index (χ1) is 18.1. The second-order valence-corrected chi connectivity index (χ2v) is 9.36. The van der Waals surface area contributed by atoms with Gasteiger partial charge in [0.2, 0.25) is 11.3 Å². The van der Waals surface area contributed by atoms with E-state index in [2.05, 4.69) is 4.98 Å². The number of nitro groups is 1. The van der Waals surface area contributed by atoms with E-state index in [1.165, 1.54) is 20.2 Å². The number of carboxylic acids is 1. The minimum Gasteiger partial charge on any atom is -0.492 e. The zero-order chi connectivity index (χ0) is 27.3. The molecule has 1 saturated carbocycles. The zero-order valence-electron chi connectivity index (χ0n) is 20.7. The third-order valence-electron chi connectivity index (χ3n) is 6.98. The highest BCUT2D eigenvalue weighted by Gasteiger charge is 2.33. The van der Waals surface area contributed by atoms with Crippen molar-refractivity contribution >= 4 is 34.3 Å². The molecule has 0 amide bonds. The number of methoxy groups -OCH3 is 1. The number of nitrogens with zero attached hydrogens (tertiary/aromatic N) is 6. The lowest BCUT2D eigenvalue weighted by molar-refractivity contribution is -0.390. The van der Waals surface area contributed by atoms with Crippen LogP contribution in [0.15, 0.2) is 23.3 Å². The van der Waals surface area contributed by atoms with E-state index in [1.54, 1.807) is 9.47 Å². The Balaban J connectivity index is 1.43. The fourth-order valence-electron chi connectivity index (χ4n) is 4.99. The molecular weight excluding hydrogens is 503 g/mol. The van der Waals surface area contributed by atoms with Crippen molar-refractivity contribution < 1.29 is 28.7 Å². The van der Waals surface area contributed by atoms with Gasteiger partial charge in [0, 0.05) is 45.3 Å². The highest BCUT2D eigenvalue weighted by molar-refractivity contribution is 5.97. The van der Waals surface area contributed by atoms with Crippen LogP contribution in [-0.4, -0.2) is 80.8 Å². The summed E-state index contributed by atoms with van der Waals surface area (Å²) in [7, 11) is 1.37. The maximum absolute atomic E-state index is 15.5. The summed E-state index contributed by atoms with van der Waals surface area (Å²) in [5.74, 6) is -2.62. The van der Waals surface area contributed by atoms with Crippen LogP contribution in [0, 0.1) is 22.9 Å². The summed E-state index contributed by atoms with van der Waals surface area (Å²) in [6.45, 7) is 2.79. The molecule has 1 N–H and O–H groups in total. The monoisotopic (exact) mass is 528 g/mol. The standard InChI is InChI=1S/C24H25FN6O7/c1-13-26-10-18(31(36)37)30(13)19(32)12-27-5-7-28(8-6-27)21-17(25)9-15-20(23(21)38-2)29(14-3-4-14)11-16(22(15)33)24(34)35/h9-11,14H,3-8,12H2,1-2H3,(H,34,35). The van der Waals surface area contributed by atoms with Crippen molar-refractivity contribution in [3.05, 3.63) is 56.0 Å². The van der Waals surface area contributed by atoms with E-state index in [0.717, 1.165) is 29.7 Å². The molecule has 2 aliphatic rings. The molecule has 1 aromatic carbocycles. The van der Waals surface area contributed by atoms with Crippen LogP contribution in [0.25, 0.3) is 10.9 Å². The summed E-state index contributed by atoms with van der Waals surface area (Å²) in [4.78, 5) is 55.3. The molecule has 1 saturated heterocycles. The number of aromatic nitrogens is 3. The molecule has 0 bridgehead atoms. The van der Waals surface area contributed by atoms with Gasteiger partial charge in [0.05, 0.1) is 18.0 Å². The van der Waals surface area contributed by atoms with Gasteiger partial charge < -0.3 is 29.4 Å². The molecule has 38 heavy (non-hydrogen) atoms. The molecule has 1 aliphatic carbocycles. The summed E-state index contributed by atoms with van der Waals surface area (Å²) in [6.07, 6.45) is 3.94. The number of hydrogen-bond donors (Lipinski definition) is 1. The topological polar surface area (TPSA) is 153 Å². The van der Waals surface area contributed by atoms with E-state index in [9.17, 15) is 29.6 Å². The van der Waals surface area contributed by atoms with Crippen molar-refractivity contribution in [1.29, 1.82) is 0 Å². The van der Waals surface area contributed by atoms with Crippen molar-refractivity contribution in [1.82, 2.24) is 19.0 Å². The van der Waals surface area contributed by atoms with Gasteiger partial charge in [-0.15, -0.1) is 4.57 Å². The van der Waals surface area contributed by atoms with Crippen molar-refractivity contribution in [3.8, 4) is 5.75 Å². The maximum Gasteiger partial charge on any atom is 0.350 e. The second kappa shape index (κ2) is 9.52. The summed E-state index contributed by atoms with van der Waals surface area (Å²) in [5, 5.41) is 20.7. The predicted octanol–water partition coefficient (Wildman–Crippen LogP) is 2.06. The number of fused-ring (bicyclic) bond motifs is 1. The Kier molecular flexibility index (Phi) is 6.34. The molecule has 14 heteroatoms. The Hall–Kier alpha value is -4.33. The average Bonchev–Trinajstić information content (AvgIpc) is 3.64. The van der Waals surface area contributed by atoms with Crippen LogP contribution in [0.2, 0.25) is 0 Å². The number of hydrogen-bond acceptors (Lipinski definition) is 9. The number of pyridine rings is 1. The van der Waals surface area contributed by atoms with Crippen molar-refractivity contribution in [3.63, 3.8) is 0 Å². The van der Waals surface area contributed by atoms with Crippen LogP contribution in [0.4, 0.5) is 15.9 Å². The van der Waals surface area contributed by atoms with Gasteiger partial charge in [0.25, 0.3) is 0 Å². The van der Waals surface area contributed by atoms with E-state index >= 15 is 4.39 Å². The molecular formula is C24H25FN6O7. The molecule has 0 atom stereocenters. The number of carbonyl (C=O) groups is 2. The lowest BCUT2D eigenvalue weighted by atomic mass is 10.1. The lowest BCUT2D eigenvalue weighted by Crippen LogP contribution is -2.49. The van der Waals surface area contributed by atoms with Gasteiger partial charge in [0.1, 0.15) is 24.0 Å². The molecule has 0 radical (unpaired) electrons. The molecule has 1 aliphatic heterocycles. The van der Waals surface area contributed by atoms with E-state index in [1.807, 2.05) is 4.90 Å². The van der Waals surface area contributed by atoms with Crippen molar-refractivity contribution in [2.75, 3.05) is 44.7 Å². The van der Waals surface area contributed by atoms with Crippen LogP contribution >= 0.6 is 0 Å². The van der Waals surface area contributed by atoms with Crippen molar-refractivity contribution in [2.45, 2.75) is 25.8 Å². The first-order valence-electron chi connectivity index (χ1n) is 12.0. The van der Waals surface area contributed by atoms with Gasteiger partial charge in [-0.1, -0.05) is 0 Å². The van der Waals surface area contributed by atoms with E-state index in [4.69, 9.17) is 4.74 Å². The minimum atomic E-state index is -1.38. The fraction of sp³-hybridized carbons (Fsp3) is 0.417. The Labute approximate surface area is 214 Å². The Morgan fingerprint density at radius 1 is 1.26 bits per heavy atom. The van der Waals surface area contributed by atoms with E-state index in [-0.39, 0.29) is 35.2 Å². The summed E-state index contributed by atoms with van der Waals surface area (Å²) < 4.78 is 23.8. The van der Waals surface area contributed by atoms with E-state index in [0.29, 0.717) is 31.7 Å². The predicted molar refractivity (Wildman–Crippen MR) is 133 cm³/mol. The Morgan fingerprint density at radius 2 is 1.95 bits per heavy atom. The minimum absolute atomic E-state index is 0.0121. The summed E-state index contributed by atoms with van der Waals surface area (Å²) >= 11 is 0. The summed E-state index contributed by atoms with van der Waals surface area (Å²) in [5.41, 5.74) is -0.698. The maximum atomic E-state index is 15.5. The smallest absolute Gasteiger partial charge is 0.350 e. The first kappa shape index (κ1) is 25.3. The number of carbonyl (C=O) groups excluding carboxylic acids is 1. The Morgan fingerprint density at radius 3 is 2.53 bits per heavy atom. The molecule has 3 heterocycles. The highest BCUT2D eigenvalue weighted by Crippen LogP contribution is 2.43. The van der Waals surface area contributed by atoms with Gasteiger partial charge in [0.15, 0.2) is 11.6 Å².